The van der Waals surface area contributed by atoms with Crippen LogP contribution in [0.1, 0.15) is 27.2 Å². The number of nitrogens with zero attached hydrogens (tertiary/aromatic N) is 2. The number of rotatable bonds is 5. The van der Waals surface area contributed by atoms with Gasteiger partial charge in [-0.05, 0) is 18.9 Å². The SMILES string of the molecule is CCC(C)CN(CC)c1ccncc1N. The summed E-state index contributed by atoms with van der Waals surface area (Å²) in [5.41, 5.74) is 7.78. The van der Waals surface area contributed by atoms with Crippen molar-refractivity contribution in [2.75, 3.05) is 23.7 Å². The molecule has 1 rings (SSSR count). The van der Waals surface area contributed by atoms with Crippen molar-refractivity contribution in [1.82, 2.24) is 4.98 Å². The third-order valence-electron chi connectivity index (χ3n) is 2.78. The molecular formula is C12H21N3. The third kappa shape index (κ3) is 3.11. The van der Waals surface area contributed by atoms with E-state index in [4.69, 9.17) is 5.73 Å². The highest BCUT2D eigenvalue weighted by atomic mass is 15.1. The summed E-state index contributed by atoms with van der Waals surface area (Å²) in [4.78, 5) is 6.32. The minimum Gasteiger partial charge on any atom is -0.396 e. The Hall–Kier alpha value is -1.25. The zero-order chi connectivity index (χ0) is 11.3. The monoisotopic (exact) mass is 207 g/mol. The first-order valence-electron chi connectivity index (χ1n) is 5.63. The second kappa shape index (κ2) is 5.59. The van der Waals surface area contributed by atoms with Crippen LogP contribution in [0.5, 0.6) is 0 Å². The van der Waals surface area contributed by atoms with Crippen LogP contribution < -0.4 is 10.6 Å². The molecule has 0 aromatic carbocycles. The molecule has 1 aromatic rings. The normalized spacial score (nSPS) is 12.5. The number of hydrogen-bond acceptors (Lipinski definition) is 3. The summed E-state index contributed by atoms with van der Waals surface area (Å²) in [5, 5.41) is 0. The fraction of sp³-hybridized carbons (Fsp3) is 0.583. The molecule has 1 atom stereocenters. The van der Waals surface area contributed by atoms with E-state index in [1.54, 1.807) is 12.4 Å². The molecule has 0 saturated heterocycles. The van der Waals surface area contributed by atoms with Crippen molar-refractivity contribution >= 4 is 11.4 Å². The predicted molar refractivity (Wildman–Crippen MR) is 66.0 cm³/mol. The average molecular weight is 207 g/mol. The van der Waals surface area contributed by atoms with Crippen LogP contribution in [0.25, 0.3) is 0 Å². The first-order chi connectivity index (χ1) is 7.19. The lowest BCUT2D eigenvalue weighted by Crippen LogP contribution is -2.28. The van der Waals surface area contributed by atoms with Gasteiger partial charge in [-0.25, -0.2) is 0 Å². The Morgan fingerprint density at radius 1 is 1.47 bits per heavy atom. The van der Waals surface area contributed by atoms with Gasteiger partial charge in [0.1, 0.15) is 0 Å². The van der Waals surface area contributed by atoms with Crippen molar-refractivity contribution in [1.29, 1.82) is 0 Å². The quantitative estimate of drug-likeness (QED) is 0.806. The van der Waals surface area contributed by atoms with Gasteiger partial charge in [-0.2, -0.15) is 0 Å². The van der Waals surface area contributed by atoms with Gasteiger partial charge >= 0.3 is 0 Å². The van der Waals surface area contributed by atoms with Crippen LogP contribution in [0.3, 0.4) is 0 Å². The summed E-state index contributed by atoms with van der Waals surface area (Å²) in [7, 11) is 0. The molecular weight excluding hydrogens is 186 g/mol. The van der Waals surface area contributed by atoms with Gasteiger partial charge in [-0.1, -0.05) is 20.3 Å². The Bertz CT molecular complexity index is 299. The highest BCUT2D eigenvalue weighted by Crippen LogP contribution is 2.22. The molecule has 0 fully saturated rings. The Kier molecular flexibility index (Phi) is 4.40. The third-order valence-corrected chi connectivity index (χ3v) is 2.78. The molecule has 0 aliphatic rings. The van der Waals surface area contributed by atoms with Gasteiger partial charge in [0.15, 0.2) is 0 Å². The Morgan fingerprint density at radius 2 is 2.20 bits per heavy atom. The fourth-order valence-electron chi connectivity index (χ4n) is 1.59. The van der Waals surface area contributed by atoms with E-state index in [0.717, 1.165) is 24.5 Å². The topological polar surface area (TPSA) is 42.2 Å². The molecule has 0 aliphatic carbocycles. The van der Waals surface area contributed by atoms with E-state index in [-0.39, 0.29) is 0 Å². The van der Waals surface area contributed by atoms with E-state index in [1.165, 1.54) is 6.42 Å². The molecule has 0 spiro atoms. The summed E-state index contributed by atoms with van der Waals surface area (Å²) >= 11 is 0. The van der Waals surface area contributed by atoms with E-state index >= 15 is 0 Å². The van der Waals surface area contributed by atoms with Crippen molar-refractivity contribution in [3.8, 4) is 0 Å². The number of aromatic nitrogens is 1. The fourth-order valence-corrected chi connectivity index (χ4v) is 1.59. The number of anilines is 2. The van der Waals surface area contributed by atoms with E-state index in [0.29, 0.717) is 5.92 Å². The lowest BCUT2D eigenvalue weighted by Gasteiger charge is -2.27. The second-order valence-electron chi connectivity index (χ2n) is 3.99. The smallest absolute Gasteiger partial charge is 0.0738 e. The predicted octanol–water partition coefficient (Wildman–Crippen LogP) is 2.54. The van der Waals surface area contributed by atoms with E-state index < -0.39 is 0 Å². The maximum atomic E-state index is 5.91. The summed E-state index contributed by atoms with van der Waals surface area (Å²) in [6.45, 7) is 8.68. The van der Waals surface area contributed by atoms with Gasteiger partial charge in [0.2, 0.25) is 0 Å². The summed E-state index contributed by atoms with van der Waals surface area (Å²) in [5.74, 6) is 0.692. The van der Waals surface area contributed by atoms with Gasteiger partial charge < -0.3 is 10.6 Å². The first-order valence-corrected chi connectivity index (χ1v) is 5.63. The number of pyridine rings is 1. The molecule has 0 saturated carbocycles. The highest BCUT2D eigenvalue weighted by Gasteiger charge is 2.10. The van der Waals surface area contributed by atoms with Crippen LogP contribution in [0, 0.1) is 5.92 Å². The molecule has 0 radical (unpaired) electrons. The number of hydrogen-bond donors (Lipinski definition) is 1. The zero-order valence-corrected chi connectivity index (χ0v) is 9.90. The Balaban J connectivity index is 2.78. The summed E-state index contributed by atoms with van der Waals surface area (Å²) < 4.78 is 0. The van der Waals surface area contributed by atoms with Crippen LogP contribution >= 0.6 is 0 Å². The summed E-state index contributed by atoms with van der Waals surface area (Å²) in [6.07, 6.45) is 4.71. The van der Waals surface area contributed by atoms with Gasteiger partial charge in [0.05, 0.1) is 17.6 Å². The van der Waals surface area contributed by atoms with Gasteiger partial charge in [-0.3, -0.25) is 4.98 Å². The Morgan fingerprint density at radius 3 is 2.73 bits per heavy atom. The van der Waals surface area contributed by atoms with Crippen LogP contribution in [-0.4, -0.2) is 18.1 Å². The number of nitrogen functional groups attached to an aromatic ring is 1. The zero-order valence-electron chi connectivity index (χ0n) is 9.90. The van der Waals surface area contributed by atoms with Crippen molar-refractivity contribution in [3.05, 3.63) is 18.5 Å². The van der Waals surface area contributed by atoms with Crippen LogP contribution in [0.2, 0.25) is 0 Å². The van der Waals surface area contributed by atoms with Gasteiger partial charge in [0.25, 0.3) is 0 Å². The highest BCUT2D eigenvalue weighted by molar-refractivity contribution is 5.65. The molecule has 1 heterocycles. The molecule has 3 heteroatoms. The maximum Gasteiger partial charge on any atom is 0.0738 e. The second-order valence-corrected chi connectivity index (χ2v) is 3.99. The largest absolute Gasteiger partial charge is 0.396 e. The number of nitrogens with two attached hydrogens (primary N) is 1. The van der Waals surface area contributed by atoms with Crippen molar-refractivity contribution in [2.24, 2.45) is 5.92 Å². The van der Waals surface area contributed by atoms with E-state index in [1.807, 2.05) is 6.07 Å². The van der Waals surface area contributed by atoms with Crippen molar-refractivity contribution < 1.29 is 0 Å². The van der Waals surface area contributed by atoms with Gasteiger partial charge in [0, 0.05) is 19.3 Å². The first kappa shape index (κ1) is 11.8. The lowest BCUT2D eigenvalue weighted by atomic mass is 10.1. The van der Waals surface area contributed by atoms with Crippen molar-refractivity contribution in [2.45, 2.75) is 27.2 Å². The minimum atomic E-state index is 0.692. The van der Waals surface area contributed by atoms with E-state index in [9.17, 15) is 0 Å². The minimum absolute atomic E-state index is 0.692. The molecule has 2 N–H and O–H groups in total. The van der Waals surface area contributed by atoms with Crippen LogP contribution in [-0.2, 0) is 0 Å². The standard InChI is InChI=1S/C12H21N3/c1-4-10(3)9-15(5-2)12-6-7-14-8-11(12)13/h6-8,10H,4-5,9,13H2,1-3H3. The molecule has 1 aromatic heterocycles. The molecule has 0 amide bonds. The van der Waals surface area contributed by atoms with E-state index in [2.05, 4.69) is 30.7 Å². The summed E-state index contributed by atoms with van der Waals surface area (Å²) in [6, 6.07) is 1.99. The molecule has 0 aliphatic heterocycles. The molecule has 1 unspecified atom stereocenters. The van der Waals surface area contributed by atoms with Crippen molar-refractivity contribution in [3.63, 3.8) is 0 Å². The molecule has 3 nitrogen and oxygen atoms in total. The Labute approximate surface area is 92.3 Å². The van der Waals surface area contributed by atoms with Crippen LogP contribution in [0.15, 0.2) is 18.5 Å². The molecule has 84 valence electrons. The molecule has 15 heavy (non-hydrogen) atoms. The average Bonchev–Trinajstić information content (AvgIpc) is 2.26. The molecule has 0 bridgehead atoms. The van der Waals surface area contributed by atoms with Crippen LogP contribution in [0.4, 0.5) is 11.4 Å². The lowest BCUT2D eigenvalue weighted by molar-refractivity contribution is 0.548. The van der Waals surface area contributed by atoms with Gasteiger partial charge in [-0.15, -0.1) is 0 Å². The maximum absolute atomic E-state index is 5.91.